The summed E-state index contributed by atoms with van der Waals surface area (Å²) in [7, 11) is -3.20. The van der Waals surface area contributed by atoms with Gasteiger partial charge >= 0.3 is 0 Å². The van der Waals surface area contributed by atoms with Crippen molar-refractivity contribution in [2.75, 3.05) is 26.0 Å². The largest absolute Gasteiger partial charge is 0.373 e. The summed E-state index contributed by atoms with van der Waals surface area (Å²) >= 11 is 0. The molecule has 2 aliphatic heterocycles. The predicted octanol–water partition coefficient (Wildman–Crippen LogP) is 0.395. The van der Waals surface area contributed by atoms with Crippen LogP contribution in [-0.4, -0.2) is 61.2 Å². The maximum Gasteiger partial charge on any atom is 0.251 e. The molecule has 0 aromatic carbocycles. The van der Waals surface area contributed by atoms with Gasteiger partial charge in [0.25, 0.3) is 5.91 Å². The number of nitrogens with zero attached hydrogens (tertiary/aromatic N) is 2. The predicted molar refractivity (Wildman–Crippen MR) is 84.4 cm³/mol. The second-order valence-corrected chi connectivity index (χ2v) is 8.26. The van der Waals surface area contributed by atoms with E-state index in [1.54, 1.807) is 24.5 Å². The summed E-state index contributed by atoms with van der Waals surface area (Å²) in [6.07, 6.45) is 6.43. The molecule has 2 atom stereocenters. The molecule has 0 radical (unpaired) electrons. The van der Waals surface area contributed by atoms with Crippen LogP contribution < -0.4 is 5.32 Å². The minimum absolute atomic E-state index is 0.0103. The zero-order valence-electron chi connectivity index (χ0n) is 13.1. The van der Waals surface area contributed by atoms with Crippen LogP contribution in [-0.2, 0) is 14.8 Å². The van der Waals surface area contributed by atoms with E-state index in [2.05, 4.69) is 10.3 Å². The van der Waals surface area contributed by atoms with Crippen LogP contribution in [0, 0.1) is 0 Å². The average Bonchev–Trinajstić information content (AvgIpc) is 2.92. The number of carbonyl (C=O) groups is 1. The summed E-state index contributed by atoms with van der Waals surface area (Å²) in [4.78, 5) is 16.2. The van der Waals surface area contributed by atoms with Crippen LogP contribution in [0.1, 0.15) is 29.6 Å². The molecule has 2 aliphatic rings. The van der Waals surface area contributed by atoms with Crippen LogP contribution in [0.25, 0.3) is 0 Å². The molecule has 7 nitrogen and oxygen atoms in total. The number of carbonyl (C=O) groups excluding carboxylic acids is 1. The van der Waals surface area contributed by atoms with Gasteiger partial charge in [-0.3, -0.25) is 9.78 Å². The van der Waals surface area contributed by atoms with Crippen LogP contribution in [0.5, 0.6) is 0 Å². The highest BCUT2D eigenvalue weighted by Gasteiger charge is 2.45. The number of hydrogen-bond donors (Lipinski definition) is 1. The highest BCUT2D eigenvalue weighted by atomic mass is 32.2. The fourth-order valence-corrected chi connectivity index (χ4v) is 4.19. The van der Waals surface area contributed by atoms with Gasteiger partial charge in [-0.25, -0.2) is 8.42 Å². The molecule has 1 aromatic heterocycles. The zero-order chi connectivity index (χ0) is 16.5. The lowest BCUT2D eigenvalue weighted by Crippen LogP contribution is -2.50. The molecule has 0 aliphatic carbocycles. The van der Waals surface area contributed by atoms with Gasteiger partial charge in [0.1, 0.15) is 0 Å². The van der Waals surface area contributed by atoms with Crippen molar-refractivity contribution in [2.24, 2.45) is 0 Å². The van der Waals surface area contributed by atoms with Crippen molar-refractivity contribution in [1.29, 1.82) is 0 Å². The van der Waals surface area contributed by atoms with Crippen LogP contribution in [0.4, 0.5) is 0 Å². The van der Waals surface area contributed by atoms with E-state index >= 15 is 0 Å². The minimum Gasteiger partial charge on any atom is -0.373 e. The van der Waals surface area contributed by atoms with Crippen molar-refractivity contribution in [3.05, 3.63) is 30.1 Å². The van der Waals surface area contributed by atoms with Gasteiger partial charge in [-0.1, -0.05) is 0 Å². The number of hydrogen-bond acceptors (Lipinski definition) is 5. The van der Waals surface area contributed by atoms with Crippen molar-refractivity contribution in [2.45, 2.75) is 30.9 Å². The SMILES string of the molecule is CS(=O)(=O)N1CC[C@@]2(C[C@@H](NC(=O)c3ccncc3)CCO2)C1. The molecule has 1 aromatic rings. The Morgan fingerprint density at radius 1 is 1.43 bits per heavy atom. The van der Waals surface area contributed by atoms with E-state index in [0.717, 1.165) is 6.42 Å². The maximum atomic E-state index is 12.3. The normalized spacial score (nSPS) is 28.8. The first-order valence-corrected chi connectivity index (χ1v) is 9.53. The molecule has 0 saturated carbocycles. The Hall–Kier alpha value is -1.51. The molecule has 1 amide bonds. The van der Waals surface area contributed by atoms with E-state index in [1.165, 1.54) is 10.6 Å². The molecule has 2 fully saturated rings. The van der Waals surface area contributed by atoms with Gasteiger partial charge in [0, 0.05) is 43.7 Å². The molecule has 1 N–H and O–H groups in total. The molecule has 2 saturated heterocycles. The number of rotatable bonds is 3. The first kappa shape index (κ1) is 16.4. The molecular formula is C15H21N3O4S. The quantitative estimate of drug-likeness (QED) is 0.861. The molecule has 3 rings (SSSR count). The lowest BCUT2D eigenvalue weighted by molar-refractivity contribution is -0.0761. The highest BCUT2D eigenvalue weighted by molar-refractivity contribution is 7.88. The van der Waals surface area contributed by atoms with Crippen molar-refractivity contribution < 1.29 is 17.9 Å². The number of pyridine rings is 1. The second kappa shape index (κ2) is 6.18. The molecule has 0 unspecified atom stereocenters. The van der Waals surface area contributed by atoms with E-state index in [9.17, 15) is 13.2 Å². The number of aromatic nitrogens is 1. The van der Waals surface area contributed by atoms with Gasteiger partial charge in [-0.2, -0.15) is 4.31 Å². The smallest absolute Gasteiger partial charge is 0.251 e. The summed E-state index contributed by atoms with van der Waals surface area (Å²) in [6.45, 7) is 1.37. The number of sulfonamides is 1. The number of amides is 1. The maximum absolute atomic E-state index is 12.3. The van der Waals surface area contributed by atoms with E-state index in [1.807, 2.05) is 0 Å². The van der Waals surface area contributed by atoms with Gasteiger partial charge in [0.05, 0.1) is 11.9 Å². The first-order valence-electron chi connectivity index (χ1n) is 7.68. The lowest BCUT2D eigenvalue weighted by atomic mass is 9.89. The fourth-order valence-electron chi connectivity index (χ4n) is 3.30. The molecule has 0 bridgehead atoms. The Balaban J connectivity index is 1.64. The van der Waals surface area contributed by atoms with Crippen molar-refractivity contribution in [3.8, 4) is 0 Å². The third kappa shape index (κ3) is 3.70. The van der Waals surface area contributed by atoms with Crippen molar-refractivity contribution in [1.82, 2.24) is 14.6 Å². The highest BCUT2D eigenvalue weighted by Crippen LogP contribution is 2.35. The number of ether oxygens (including phenoxy) is 1. The van der Waals surface area contributed by atoms with Gasteiger partial charge in [0.2, 0.25) is 10.0 Å². The van der Waals surface area contributed by atoms with Crippen molar-refractivity contribution in [3.63, 3.8) is 0 Å². The second-order valence-electron chi connectivity index (χ2n) is 6.28. The van der Waals surface area contributed by atoms with Crippen molar-refractivity contribution >= 4 is 15.9 Å². The molecular weight excluding hydrogens is 318 g/mol. The van der Waals surface area contributed by atoms with Crippen LogP contribution in [0.15, 0.2) is 24.5 Å². The monoisotopic (exact) mass is 339 g/mol. The molecule has 23 heavy (non-hydrogen) atoms. The lowest BCUT2D eigenvalue weighted by Gasteiger charge is -2.38. The first-order chi connectivity index (χ1) is 10.9. The molecule has 3 heterocycles. The van der Waals surface area contributed by atoms with Gasteiger partial charge in [-0.15, -0.1) is 0 Å². The third-order valence-corrected chi connectivity index (χ3v) is 5.77. The van der Waals surface area contributed by atoms with Gasteiger partial charge in [-0.05, 0) is 31.4 Å². The summed E-state index contributed by atoms with van der Waals surface area (Å²) in [5, 5.41) is 3.03. The van der Waals surface area contributed by atoms with E-state index in [0.29, 0.717) is 38.1 Å². The average molecular weight is 339 g/mol. The summed E-state index contributed by atoms with van der Waals surface area (Å²) in [5.41, 5.74) is 0.0991. The Labute approximate surface area is 136 Å². The van der Waals surface area contributed by atoms with Gasteiger partial charge < -0.3 is 10.1 Å². The summed E-state index contributed by atoms with van der Waals surface area (Å²) < 4.78 is 30.8. The van der Waals surface area contributed by atoms with E-state index < -0.39 is 15.6 Å². The molecule has 8 heteroatoms. The topological polar surface area (TPSA) is 88.6 Å². The Morgan fingerprint density at radius 2 is 2.17 bits per heavy atom. The summed E-state index contributed by atoms with van der Waals surface area (Å²) in [5.74, 6) is -0.132. The number of nitrogens with one attached hydrogen (secondary N) is 1. The Kier molecular flexibility index (Phi) is 4.39. The third-order valence-electron chi connectivity index (χ3n) is 4.52. The minimum atomic E-state index is -3.20. The molecule has 126 valence electrons. The van der Waals surface area contributed by atoms with E-state index in [4.69, 9.17) is 4.74 Å². The van der Waals surface area contributed by atoms with Crippen LogP contribution in [0.3, 0.4) is 0 Å². The Bertz CT molecular complexity index is 679. The van der Waals surface area contributed by atoms with E-state index in [-0.39, 0.29) is 11.9 Å². The fraction of sp³-hybridized carbons (Fsp3) is 0.600. The zero-order valence-corrected chi connectivity index (χ0v) is 13.9. The summed E-state index contributed by atoms with van der Waals surface area (Å²) in [6, 6.07) is 3.33. The van der Waals surface area contributed by atoms with Crippen LogP contribution in [0.2, 0.25) is 0 Å². The molecule has 1 spiro atoms. The Morgan fingerprint density at radius 3 is 2.83 bits per heavy atom. The van der Waals surface area contributed by atoms with Crippen LogP contribution >= 0.6 is 0 Å². The van der Waals surface area contributed by atoms with Gasteiger partial charge in [0.15, 0.2) is 0 Å². The standard InChI is InChI=1S/C15H21N3O4S/c1-23(20,21)18-8-5-15(11-18)10-13(4-9-22-15)17-14(19)12-2-6-16-7-3-12/h2-3,6-7,13H,4-5,8-11H2,1H3,(H,17,19)/t13-,15+/m0/s1.